The van der Waals surface area contributed by atoms with E-state index in [0.717, 1.165) is 18.6 Å². The van der Waals surface area contributed by atoms with Gasteiger partial charge >= 0.3 is 5.69 Å². The molecule has 0 bridgehead atoms. The molecule has 0 amide bonds. The van der Waals surface area contributed by atoms with E-state index in [1.54, 1.807) is 0 Å². The molecule has 0 aliphatic heterocycles. The molecule has 0 atom stereocenters. The molecule has 0 unspecified atom stereocenters. The van der Waals surface area contributed by atoms with Gasteiger partial charge < -0.3 is 4.74 Å². The third-order valence-electron chi connectivity index (χ3n) is 1.59. The van der Waals surface area contributed by atoms with Gasteiger partial charge in [0.15, 0.2) is 0 Å². The molecule has 0 aliphatic rings. The Balaban J connectivity index is 2.83. The van der Waals surface area contributed by atoms with Crippen LogP contribution in [-0.2, 0) is 0 Å². The SMILES string of the molecule is CCCOc1ccc([N+](=O)[O-])c(F)c1. The molecule has 0 spiro atoms. The monoisotopic (exact) mass is 199 g/mol. The first-order valence-corrected chi connectivity index (χ1v) is 4.22. The van der Waals surface area contributed by atoms with Gasteiger partial charge in [0.25, 0.3) is 0 Å². The van der Waals surface area contributed by atoms with Gasteiger partial charge in [0.2, 0.25) is 5.82 Å². The zero-order chi connectivity index (χ0) is 10.6. The summed E-state index contributed by atoms with van der Waals surface area (Å²) in [7, 11) is 0. The molecule has 1 rings (SSSR count). The first-order chi connectivity index (χ1) is 6.65. The summed E-state index contributed by atoms with van der Waals surface area (Å²) in [5.74, 6) is -0.557. The first-order valence-electron chi connectivity index (χ1n) is 4.22. The van der Waals surface area contributed by atoms with Gasteiger partial charge in [0.1, 0.15) is 5.75 Å². The molecule has 0 saturated carbocycles. The van der Waals surface area contributed by atoms with Crippen molar-refractivity contribution < 1.29 is 14.1 Å². The lowest BCUT2D eigenvalue weighted by atomic mass is 10.3. The third-order valence-corrected chi connectivity index (χ3v) is 1.59. The van der Waals surface area contributed by atoms with Crippen molar-refractivity contribution in [3.8, 4) is 5.75 Å². The smallest absolute Gasteiger partial charge is 0.305 e. The minimum absolute atomic E-state index is 0.315. The number of halogens is 1. The second-order valence-corrected chi connectivity index (χ2v) is 2.72. The van der Waals surface area contributed by atoms with Gasteiger partial charge in [0.05, 0.1) is 11.5 Å². The maximum absolute atomic E-state index is 13.0. The lowest BCUT2D eigenvalue weighted by Gasteiger charge is -2.03. The Morgan fingerprint density at radius 1 is 1.57 bits per heavy atom. The quantitative estimate of drug-likeness (QED) is 0.553. The molecule has 14 heavy (non-hydrogen) atoms. The fraction of sp³-hybridized carbons (Fsp3) is 0.333. The van der Waals surface area contributed by atoms with Crippen molar-refractivity contribution in [1.29, 1.82) is 0 Å². The van der Waals surface area contributed by atoms with E-state index in [1.807, 2.05) is 6.92 Å². The van der Waals surface area contributed by atoms with Crippen molar-refractivity contribution in [1.82, 2.24) is 0 Å². The minimum Gasteiger partial charge on any atom is -0.493 e. The number of nitrogens with zero attached hydrogens (tertiary/aromatic N) is 1. The Hall–Kier alpha value is -1.65. The second-order valence-electron chi connectivity index (χ2n) is 2.72. The van der Waals surface area contributed by atoms with E-state index >= 15 is 0 Å². The van der Waals surface area contributed by atoms with Crippen LogP contribution in [0.4, 0.5) is 10.1 Å². The normalized spacial score (nSPS) is 9.86. The van der Waals surface area contributed by atoms with Crippen LogP contribution in [0.5, 0.6) is 5.75 Å². The summed E-state index contributed by atoms with van der Waals surface area (Å²) in [6.07, 6.45) is 0.804. The highest BCUT2D eigenvalue weighted by Crippen LogP contribution is 2.22. The van der Waals surface area contributed by atoms with Crippen molar-refractivity contribution >= 4 is 5.69 Å². The van der Waals surface area contributed by atoms with E-state index in [9.17, 15) is 14.5 Å². The Morgan fingerprint density at radius 3 is 2.79 bits per heavy atom. The highest BCUT2D eigenvalue weighted by atomic mass is 19.1. The van der Waals surface area contributed by atoms with Gasteiger partial charge in [-0.05, 0) is 12.5 Å². The van der Waals surface area contributed by atoms with Gasteiger partial charge in [0, 0.05) is 12.1 Å². The zero-order valence-electron chi connectivity index (χ0n) is 7.70. The van der Waals surface area contributed by atoms with E-state index in [4.69, 9.17) is 4.74 Å². The zero-order valence-corrected chi connectivity index (χ0v) is 7.70. The molecule has 4 nitrogen and oxygen atoms in total. The van der Waals surface area contributed by atoms with Crippen LogP contribution in [0.3, 0.4) is 0 Å². The van der Waals surface area contributed by atoms with Gasteiger partial charge in [-0.3, -0.25) is 10.1 Å². The number of hydrogen-bond acceptors (Lipinski definition) is 3. The predicted octanol–water partition coefficient (Wildman–Crippen LogP) is 2.52. The van der Waals surface area contributed by atoms with Crippen LogP contribution in [0.25, 0.3) is 0 Å². The number of ether oxygens (including phenoxy) is 1. The molecule has 0 saturated heterocycles. The molecule has 0 aromatic heterocycles. The average molecular weight is 199 g/mol. The summed E-state index contributed by atoms with van der Waals surface area (Å²) in [5.41, 5.74) is -0.533. The number of benzene rings is 1. The Morgan fingerprint density at radius 2 is 2.29 bits per heavy atom. The molecule has 1 aromatic rings. The van der Waals surface area contributed by atoms with Crippen molar-refractivity contribution in [3.63, 3.8) is 0 Å². The molecule has 0 heterocycles. The van der Waals surface area contributed by atoms with E-state index in [2.05, 4.69) is 0 Å². The topological polar surface area (TPSA) is 52.4 Å². The highest BCUT2D eigenvalue weighted by molar-refractivity contribution is 5.37. The Labute approximate surface area is 80.5 Å². The number of nitro groups is 1. The van der Waals surface area contributed by atoms with Crippen LogP contribution in [0, 0.1) is 15.9 Å². The maximum atomic E-state index is 13.0. The van der Waals surface area contributed by atoms with Crippen molar-refractivity contribution in [2.24, 2.45) is 0 Å². The summed E-state index contributed by atoms with van der Waals surface area (Å²) in [6, 6.07) is 3.50. The highest BCUT2D eigenvalue weighted by Gasteiger charge is 2.13. The summed E-state index contributed by atoms with van der Waals surface area (Å²) in [4.78, 5) is 9.51. The van der Waals surface area contributed by atoms with Crippen LogP contribution in [0.15, 0.2) is 18.2 Å². The lowest BCUT2D eigenvalue weighted by Crippen LogP contribution is -1.97. The fourth-order valence-corrected chi connectivity index (χ4v) is 0.945. The van der Waals surface area contributed by atoms with Crippen molar-refractivity contribution in [2.75, 3.05) is 6.61 Å². The number of nitro benzene ring substituents is 1. The Bertz CT molecular complexity index is 341. The first kappa shape index (κ1) is 10.4. The van der Waals surface area contributed by atoms with Gasteiger partial charge in [-0.1, -0.05) is 6.92 Å². The predicted molar refractivity (Wildman–Crippen MR) is 48.8 cm³/mol. The molecule has 1 aromatic carbocycles. The van der Waals surface area contributed by atoms with E-state index in [1.165, 1.54) is 6.07 Å². The van der Waals surface area contributed by atoms with E-state index < -0.39 is 16.4 Å². The van der Waals surface area contributed by atoms with Crippen LogP contribution in [0.1, 0.15) is 13.3 Å². The summed E-state index contributed by atoms with van der Waals surface area (Å²) >= 11 is 0. The lowest BCUT2D eigenvalue weighted by molar-refractivity contribution is -0.387. The Kier molecular flexibility index (Phi) is 3.39. The average Bonchev–Trinajstić information content (AvgIpc) is 2.14. The summed E-state index contributed by atoms with van der Waals surface area (Å²) in [6.45, 7) is 2.39. The van der Waals surface area contributed by atoms with Gasteiger partial charge in [-0.15, -0.1) is 0 Å². The molecule has 5 heteroatoms. The van der Waals surface area contributed by atoms with Crippen molar-refractivity contribution in [2.45, 2.75) is 13.3 Å². The van der Waals surface area contributed by atoms with E-state index in [0.29, 0.717) is 12.4 Å². The fourth-order valence-electron chi connectivity index (χ4n) is 0.945. The second kappa shape index (κ2) is 4.55. The third kappa shape index (κ3) is 2.42. The van der Waals surface area contributed by atoms with Crippen LogP contribution in [0.2, 0.25) is 0 Å². The minimum atomic E-state index is -0.872. The molecule has 76 valence electrons. The largest absolute Gasteiger partial charge is 0.493 e. The summed E-state index contributed by atoms with van der Waals surface area (Å²) < 4.78 is 18.1. The number of hydrogen-bond donors (Lipinski definition) is 0. The van der Waals surface area contributed by atoms with Gasteiger partial charge in [-0.2, -0.15) is 4.39 Å². The standard InChI is InChI=1S/C9H10FNO3/c1-2-5-14-7-3-4-9(11(12)13)8(10)6-7/h3-4,6H,2,5H2,1H3. The maximum Gasteiger partial charge on any atom is 0.305 e. The molecular weight excluding hydrogens is 189 g/mol. The van der Waals surface area contributed by atoms with Crippen molar-refractivity contribution in [3.05, 3.63) is 34.1 Å². The molecule has 0 N–H and O–H groups in total. The van der Waals surface area contributed by atoms with Crippen LogP contribution in [-0.4, -0.2) is 11.5 Å². The van der Waals surface area contributed by atoms with Crippen LogP contribution < -0.4 is 4.74 Å². The molecular formula is C9H10FNO3. The molecule has 0 radical (unpaired) electrons. The van der Waals surface area contributed by atoms with Gasteiger partial charge in [-0.25, -0.2) is 0 Å². The molecule has 0 fully saturated rings. The van der Waals surface area contributed by atoms with E-state index in [-0.39, 0.29) is 0 Å². The number of rotatable bonds is 4. The molecule has 0 aliphatic carbocycles. The summed E-state index contributed by atoms with van der Waals surface area (Å²) in [5, 5.41) is 10.3. The van der Waals surface area contributed by atoms with Crippen LogP contribution >= 0.6 is 0 Å².